The van der Waals surface area contributed by atoms with Crippen LogP contribution in [-0.4, -0.2) is 39.3 Å². The number of nitrogens with zero attached hydrogens (tertiary/aromatic N) is 8. The standard InChI is InChI=1S/C23H19F3N8.H3N/c1-13-18(10-27-14(2)30-13)20-28-8-17-9-29-34(22(17)32-20)11-15-4-6-16(7-5-15)21-31-19(12-33(21)3)23(24,25)26;/h4-10,12H,11H2,1-3H3;1H3. The second kappa shape index (κ2) is 8.87. The molecule has 0 atom stereocenters. The second-order valence-electron chi connectivity index (χ2n) is 7.95. The molecular weight excluding hydrogens is 459 g/mol. The molecule has 0 fully saturated rings. The number of hydrogen-bond acceptors (Lipinski definition) is 7. The molecular formula is C23H22F3N9. The van der Waals surface area contributed by atoms with E-state index < -0.39 is 11.9 Å². The molecule has 12 heteroatoms. The smallest absolute Gasteiger partial charge is 0.344 e. The number of fused-ring (bicyclic) bond motifs is 1. The Balaban J connectivity index is 0.00000289. The Kier molecular flexibility index (Phi) is 6.07. The summed E-state index contributed by atoms with van der Waals surface area (Å²) >= 11 is 0. The third-order valence-corrected chi connectivity index (χ3v) is 5.43. The molecule has 35 heavy (non-hydrogen) atoms. The van der Waals surface area contributed by atoms with Crippen molar-refractivity contribution < 1.29 is 13.2 Å². The van der Waals surface area contributed by atoms with Crippen LogP contribution < -0.4 is 6.15 Å². The van der Waals surface area contributed by atoms with E-state index in [1.807, 2.05) is 26.0 Å². The monoisotopic (exact) mass is 481 g/mol. The Morgan fingerprint density at radius 1 is 0.914 bits per heavy atom. The number of alkyl halides is 3. The van der Waals surface area contributed by atoms with Crippen LogP contribution >= 0.6 is 0 Å². The van der Waals surface area contributed by atoms with Crippen LogP contribution in [0.3, 0.4) is 0 Å². The molecule has 4 heterocycles. The summed E-state index contributed by atoms with van der Waals surface area (Å²) < 4.78 is 42.0. The average Bonchev–Trinajstić information content (AvgIpc) is 3.38. The second-order valence-corrected chi connectivity index (χ2v) is 7.95. The maximum Gasteiger partial charge on any atom is 0.434 e. The van der Waals surface area contributed by atoms with Gasteiger partial charge in [0.25, 0.3) is 0 Å². The van der Waals surface area contributed by atoms with Gasteiger partial charge in [-0.05, 0) is 19.4 Å². The molecule has 0 radical (unpaired) electrons. The van der Waals surface area contributed by atoms with Crippen molar-refractivity contribution in [2.75, 3.05) is 0 Å². The van der Waals surface area contributed by atoms with Crippen molar-refractivity contribution in [3.63, 3.8) is 0 Å². The van der Waals surface area contributed by atoms with E-state index in [-0.39, 0.29) is 12.0 Å². The van der Waals surface area contributed by atoms with Crippen molar-refractivity contribution in [1.29, 1.82) is 0 Å². The van der Waals surface area contributed by atoms with Gasteiger partial charge in [-0.25, -0.2) is 29.6 Å². The van der Waals surface area contributed by atoms with E-state index in [4.69, 9.17) is 0 Å². The van der Waals surface area contributed by atoms with E-state index in [0.29, 0.717) is 29.4 Å². The van der Waals surface area contributed by atoms with Gasteiger partial charge in [-0.1, -0.05) is 24.3 Å². The van der Waals surface area contributed by atoms with Crippen LogP contribution in [-0.2, 0) is 19.8 Å². The highest BCUT2D eigenvalue weighted by Gasteiger charge is 2.34. The number of halogens is 3. The van der Waals surface area contributed by atoms with Gasteiger partial charge in [0.05, 0.1) is 29.4 Å². The van der Waals surface area contributed by atoms with Gasteiger partial charge in [-0.15, -0.1) is 0 Å². The van der Waals surface area contributed by atoms with E-state index >= 15 is 0 Å². The first-order chi connectivity index (χ1) is 16.2. The van der Waals surface area contributed by atoms with Gasteiger partial charge in [0, 0.05) is 31.2 Å². The molecule has 0 bridgehead atoms. The first-order valence-electron chi connectivity index (χ1n) is 10.4. The highest BCUT2D eigenvalue weighted by Crippen LogP contribution is 2.30. The third kappa shape index (κ3) is 4.60. The normalized spacial score (nSPS) is 11.6. The van der Waals surface area contributed by atoms with E-state index in [0.717, 1.165) is 28.4 Å². The Morgan fingerprint density at radius 3 is 2.31 bits per heavy atom. The predicted molar refractivity (Wildman–Crippen MR) is 124 cm³/mol. The molecule has 0 aliphatic rings. The first-order valence-corrected chi connectivity index (χ1v) is 10.4. The average molecular weight is 481 g/mol. The highest BCUT2D eigenvalue weighted by molar-refractivity contribution is 5.76. The largest absolute Gasteiger partial charge is 0.434 e. The number of imidazole rings is 1. The fourth-order valence-electron chi connectivity index (χ4n) is 3.72. The predicted octanol–water partition coefficient (Wildman–Crippen LogP) is 4.53. The van der Waals surface area contributed by atoms with E-state index in [1.165, 1.54) is 4.57 Å². The topological polar surface area (TPSA) is 122 Å². The Hall–Kier alpha value is -4.19. The SMILES string of the molecule is Cc1ncc(-c2ncc3cnn(Cc4ccc(-c5nc(C(F)(F)F)cn5C)cc4)c3n2)c(C)n1.N. The number of hydrogen-bond donors (Lipinski definition) is 1. The third-order valence-electron chi connectivity index (χ3n) is 5.43. The number of aryl methyl sites for hydroxylation is 3. The Morgan fingerprint density at radius 2 is 1.66 bits per heavy atom. The van der Waals surface area contributed by atoms with Crippen LogP contribution in [0.15, 0.2) is 49.1 Å². The number of benzene rings is 1. The zero-order valence-corrected chi connectivity index (χ0v) is 19.2. The lowest BCUT2D eigenvalue weighted by atomic mass is 10.1. The van der Waals surface area contributed by atoms with Crippen molar-refractivity contribution in [2.45, 2.75) is 26.6 Å². The van der Waals surface area contributed by atoms with Crippen molar-refractivity contribution in [3.8, 4) is 22.8 Å². The zero-order valence-electron chi connectivity index (χ0n) is 19.2. The summed E-state index contributed by atoms with van der Waals surface area (Å²) in [6.45, 7) is 4.14. The molecule has 5 rings (SSSR count). The van der Waals surface area contributed by atoms with Crippen LogP contribution in [0.2, 0.25) is 0 Å². The van der Waals surface area contributed by atoms with Gasteiger partial charge >= 0.3 is 6.18 Å². The lowest BCUT2D eigenvalue weighted by molar-refractivity contribution is -0.140. The minimum absolute atomic E-state index is 0. The highest BCUT2D eigenvalue weighted by atomic mass is 19.4. The van der Waals surface area contributed by atoms with Crippen molar-refractivity contribution in [3.05, 3.63) is 71.8 Å². The van der Waals surface area contributed by atoms with Gasteiger partial charge < -0.3 is 10.7 Å². The molecule has 5 aromatic rings. The number of rotatable bonds is 4. The Bertz CT molecular complexity index is 1500. The molecule has 9 nitrogen and oxygen atoms in total. The van der Waals surface area contributed by atoms with E-state index in [1.54, 1.807) is 42.5 Å². The quantitative estimate of drug-likeness (QED) is 0.400. The van der Waals surface area contributed by atoms with Gasteiger partial charge in [0.1, 0.15) is 11.6 Å². The molecule has 0 saturated carbocycles. The lowest BCUT2D eigenvalue weighted by Crippen LogP contribution is -2.05. The lowest BCUT2D eigenvalue weighted by Gasteiger charge is -2.07. The molecule has 1 aromatic carbocycles. The van der Waals surface area contributed by atoms with Crippen LogP contribution in [0.1, 0.15) is 22.8 Å². The minimum Gasteiger partial charge on any atom is -0.344 e. The summed E-state index contributed by atoms with van der Waals surface area (Å²) in [4.78, 5) is 21.5. The molecule has 0 saturated heterocycles. The Labute approximate surface area is 198 Å². The fraction of sp³-hybridized carbons (Fsp3) is 0.217. The van der Waals surface area contributed by atoms with Gasteiger partial charge in [0.2, 0.25) is 0 Å². The molecule has 4 aromatic heterocycles. The van der Waals surface area contributed by atoms with Crippen LogP contribution in [0.25, 0.3) is 33.8 Å². The van der Waals surface area contributed by atoms with Crippen LogP contribution in [0, 0.1) is 13.8 Å². The van der Waals surface area contributed by atoms with E-state index in [9.17, 15) is 13.2 Å². The van der Waals surface area contributed by atoms with Crippen molar-refractivity contribution in [2.24, 2.45) is 7.05 Å². The minimum atomic E-state index is -4.49. The molecule has 3 N–H and O–H groups in total. The maximum atomic E-state index is 13.0. The first kappa shape index (κ1) is 24.0. The molecule has 180 valence electrons. The summed E-state index contributed by atoms with van der Waals surface area (Å²) in [6, 6.07) is 7.17. The maximum absolute atomic E-state index is 13.0. The van der Waals surface area contributed by atoms with Gasteiger partial charge in [0.15, 0.2) is 17.2 Å². The summed E-state index contributed by atoms with van der Waals surface area (Å²) in [6.07, 6.45) is 1.61. The molecule has 0 spiro atoms. The molecule has 0 unspecified atom stereocenters. The molecule has 0 aliphatic carbocycles. The van der Waals surface area contributed by atoms with Crippen LogP contribution in [0.4, 0.5) is 13.2 Å². The molecule has 0 aliphatic heterocycles. The summed E-state index contributed by atoms with van der Waals surface area (Å²) in [7, 11) is 1.54. The van der Waals surface area contributed by atoms with Gasteiger partial charge in [-0.2, -0.15) is 18.3 Å². The molecule has 0 amide bonds. The van der Waals surface area contributed by atoms with Crippen LogP contribution in [0.5, 0.6) is 0 Å². The van der Waals surface area contributed by atoms with E-state index in [2.05, 4.69) is 30.0 Å². The zero-order chi connectivity index (χ0) is 24.0. The summed E-state index contributed by atoms with van der Waals surface area (Å²) in [5, 5.41) is 5.22. The summed E-state index contributed by atoms with van der Waals surface area (Å²) in [5.41, 5.74) is 2.78. The van der Waals surface area contributed by atoms with Crippen molar-refractivity contribution in [1.82, 2.24) is 45.4 Å². The fourth-order valence-corrected chi connectivity index (χ4v) is 3.72. The number of aromatic nitrogens is 8. The van der Waals surface area contributed by atoms with Gasteiger partial charge in [-0.3, -0.25) is 0 Å². The van der Waals surface area contributed by atoms with Crippen molar-refractivity contribution >= 4 is 11.0 Å². The summed E-state index contributed by atoms with van der Waals surface area (Å²) in [5.74, 6) is 1.44.